The van der Waals surface area contributed by atoms with Gasteiger partial charge >= 0.3 is 0 Å². The molecule has 0 heterocycles. The van der Waals surface area contributed by atoms with Gasteiger partial charge in [-0.1, -0.05) is 32.4 Å². The lowest BCUT2D eigenvalue weighted by molar-refractivity contribution is 0.206. The summed E-state index contributed by atoms with van der Waals surface area (Å²) in [5.74, 6) is 6.04. The molecule has 0 amide bonds. The molecular formula is C18H33ClN2O2. The minimum Gasteiger partial charge on any atom is -0.496 e. The first-order valence-electron chi connectivity index (χ1n) is 8.35. The van der Waals surface area contributed by atoms with Gasteiger partial charge in [-0.15, -0.1) is 12.4 Å². The monoisotopic (exact) mass is 344 g/mol. The Morgan fingerprint density at radius 3 is 2.48 bits per heavy atom. The summed E-state index contributed by atoms with van der Waals surface area (Å²) in [6.45, 7) is 5.63. The van der Waals surface area contributed by atoms with Crippen molar-refractivity contribution in [2.45, 2.75) is 57.9 Å². The Bertz CT molecular complexity index is 415. The molecule has 0 saturated carbocycles. The van der Waals surface area contributed by atoms with Crippen LogP contribution in [-0.2, 0) is 11.3 Å². The number of nitrogens with two attached hydrogens (primary N) is 1. The Labute approximate surface area is 147 Å². The zero-order chi connectivity index (χ0) is 16.4. The molecule has 4 nitrogen and oxygen atoms in total. The van der Waals surface area contributed by atoms with Gasteiger partial charge in [0.25, 0.3) is 0 Å². The number of halogens is 1. The molecule has 23 heavy (non-hydrogen) atoms. The number of ether oxygens (including phenoxy) is 1. The van der Waals surface area contributed by atoms with Gasteiger partial charge in [0.15, 0.2) is 0 Å². The van der Waals surface area contributed by atoms with E-state index >= 15 is 0 Å². The molecule has 2 rings (SSSR count). The molecule has 2 atom stereocenters. The van der Waals surface area contributed by atoms with Crippen LogP contribution in [0.2, 0.25) is 0 Å². The summed E-state index contributed by atoms with van der Waals surface area (Å²) in [6, 6.07) is 7.13. The zero-order valence-electron chi connectivity index (χ0n) is 14.9. The first-order chi connectivity index (χ1) is 10.7. The highest BCUT2D eigenvalue weighted by atomic mass is 35.5. The van der Waals surface area contributed by atoms with Gasteiger partial charge in [-0.2, -0.15) is 0 Å². The van der Waals surface area contributed by atoms with Crippen molar-refractivity contribution in [2.24, 2.45) is 5.90 Å². The molecule has 0 aromatic heterocycles. The smallest absolute Gasteiger partial charge is 0.122 e. The van der Waals surface area contributed by atoms with Gasteiger partial charge in [0.1, 0.15) is 5.75 Å². The summed E-state index contributed by atoms with van der Waals surface area (Å²) in [6.07, 6.45) is 6.11. The van der Waals surface area contributed by atoms with Gasteiger partial charge in [0.05, 0.1) is 14.2 Å². The number of rotatable bonds is 6. The van der Waals surface area contributed by atoms with Crippen LogP contribution in [0.3, 0.4) is 0 Å². The molecule has 0 aliphatic heterocycles. The molecule has 1 aliphatic rings. The topological polar surface area (TPSA) is 56.5 Å². The van der Waals surface area contributed by atoms with Crippen LogP contribution >= 0.6 is 12.4 Å². The predicted molar refractivity (Wildman–Crippen MR) is 99.5 cm³/mol. The van der Waals surface area contributed by atoms with E-state index in [9.17, 15) is 0 Å². The van der Waals surface area contributed by atoms with Crippen molar-refractivity contribution in [3.63, 3.8) is 0 Å². The normalized spacial score (nSPS) is 19.0. The fraction of sp³-hybridized carbons (Fsp3) is 0.667. The molecule has 1 aliphatic carbocycles. The van der Waals surface area contributed by atoms with Crippen LogP contribution < -0.4 is 16.0 Å². The minimum atomic E-state index is 0. The van der Waals surface area contributed by atoms with E-state index in [1.807, 2.05) is 0 Å². The maximum absolute atomic E-state index is 5.61. The lowest BCUT2D eigenvalue weighted by atomic mass is 9.76. The second kappa shape index (κ2) is 12.6. The number of hydrogen-bond donors (Lipinski definition) is 2. The van der Waals surface area contributed by atoms with E-state index in [2.05, 4.69) is 48.1 Å². The Kier molecular flexibility index (Phi) is 12.1. The van der Waals surface area contributed by atoms with Crippen molar-refractivity contribution in [1.29, 1.82) is 0 Å². The van der Waals surface area contributed by atoms with E-state index in [1.165, 1.54) is 50.3 Å². The highest BCUT2D eigenvalue weighted by molar-refractivity contribution is 5.85. The molecule has 3 N–H and O–H groups in total. The second-order valence-electron chi connectivity index (χ2n) is 5.76. The van der Waals surface area contributed by atoms with Gasteiger partial charge in [-0.05, 0) is 43.9 Å². The number of hydrogen-bond acceptors (Lipinski definition) is 4. The Hall–Kier alpha value is -0.810. The molecule has 5 heteroatoms. The summed E-state index contributed by atoms with van der Waals surface area (Å²) >= 11 is 0. The van der Waals surface area contributed by atoms with Crippen LogP contribution in [0, 0.1) is 0 Å². The average molecular weight is 345 g/mol. The third-order valence-electron chi connectivity index (χ3n) is 4.21. The number of aryl methyl sites for hydroxylation is 1. The molecule has 1 aromatic rings. The SMILES string of the molecule is CCCN[C@H]1CCc2cccc(OC)c2[C@H]1CCC.CON.Cl. The molecule has 0 saturated heterocycles. The van der Waals surface area contributed by atoms with Crippen LogP contribution in [0.1, 0.15) is 56.6 Å². The lowest BCUT2D eigenvalue weighted by Crippen LogP contribution is -2.39. The van der Waals surface area contributed by atoms with Crippen molar-refractivity contribution in [3.05, 3.63) is 29.3 Å². The number of methoxy groups -OCH3 is 1. The maximum atomic E-state index is 5.61. The third-order valence-corrected chi connectivity index (χ3v) is 4.21. The van der Waals surface area contributed by atoms with Crippen LogP contribution in [0.4, 0.5) is 0 Å². The molecule has 0 unspecified atom stereocenters. The predicted octanol–water partition coefficient (Wildman–Crippen LogP) is 3.82. The summed E-state index contributed by atoms with van der Waals surface area (Å²) in [7, 11) is 3.20. The molecule has 0 bridgehead atoms. The summed E-state index contributed by atoms with van der Waals surface area (Å²) in [5, 5.41) is 3.74. The van der Waals surface area contributed by atoms with Gasteiger partial charge < -0.3 is 14.9 Å². The summed E-state index contributed by atoms with van der Waals surface area (Å²) in [5.41, 5.74) is 2.96. The Morgan fingerprint density at radius 1 is 1.22 bits per heavy atom. The molecular weight excluding hydrogens is 312 g/mol. The Morgan fingerprint density at radius 2 is 1.91 bits per heavy atom. The fourth-order valence-corrected chi connectivity index (χ4v) is 3.35. The van der Waals surface area contributed by atoms with E-state index in [4.69, 9.17) is 4.74 Å². The van der Waals surface area contributed by atoms with E-state index in [0.29, 0.717) is 12.0 Å². The standard InChI is InChI=1S/C17H27NO.CH5NO.ClH/c1-4-7-14-15(18-12-5-2)11-10-13-8-6-9-16(19-3)17(13)14;1-3-2;/h6,8-9,14-15,18H,4-5,7,10-12H2,1-3H3;2H2,1H3;1H/t14-,15-;;/m0../s1. The van der Waals surface area contributed by atoms with Gasteiger partial charge in [-0.25, -0.2) is 5.90 Å². The van der Waals surface area contributed by atoms with Crippen LogP contribution in [0.5, 0.6) is 5.75 Å². The fourth-order valence-electron chi connectivity index (χ4n) is 3.35. The van der Waals surface area contributed by atoms with Gasteiger partial charge in [0.2, 0.25) is 0 Å². The van der Waals surface area contributed by atoms with Crippen LogP contribution in [-0.4, -0.2) is 26.8 Å². The average Bonchev–Trinajstić information content (AvgIpc) is 2.54. The quantitative estimate of drug-likeness (QED) is 0.770. The van der Waals surface area contributed by atoms with Gasteiger partial charge in [0, 0.05) is 17.5 Å². The molecule has 0 fully saturated rings. The first-order valence-corrected chi connectivity index (χ1v) is 8.35. The van der Waals surface area contributed by atoms with Crippen molar-refractivity contribution in [2.75, 3.05) is 20.8 Å². The second-order valence-corrected chi connectivity index (χ2v) is 5.76. The van der Waals surface area contributed by atoms with E-state index in [-0.39, 0.29) is 12.4 Å². The largest absolute Gasteiger partial charge is 0.496 e. The van der Waals surface area contributed by atoms with E-state index in [0.717, 1.165) is 12.3 Å². The molecule has 0 spiro atoms. The van der Waals surface area contributed by atoms with Crippen LogP contribution in [0.25, 0.3) is 0 Å². The molecule has 0 radical (unpaired) electrons. The summed E-state index contributed by atoms with van der Waals surface area (Å²) < 4.78 is 5.61. The number of nitrogens with one attached hydrogen (secondary N) is 1. The van der Waals surface area contributed by atoms with Crippen molar-refractivity contribution >= 4 is 12.4 Å². The number of fused-ring (bicyclic) bond motifs is 1. The third kappa shape index (κ3) is 6.30. The Balaban J connectivity index is 0.00000112. The maximum Gasteiger partial charge on any atom is 0.122 e. The zero-order valence-corrected chi connectivity index (χ0v) is 15.7. The van der Waals surface area contributed by atoms with Gasteiger partial charge in [-0.3, -0.25) is 0 Å². The highest BCUT2D eigenvalue weighted by Crippen LogP contribution is 2.40. The van der Waals surface area contributed by atoms with Crippen molar-refractivity contribution < 1.29 is 9.57 Å². The highest BCUT2D eigenvalue weighted by Gasteiger charge is 2.30. The minimum absolute atomic E-state index is 0. The van der Waals surface area contributed by atoms with E-state index in [1.54, 1.807) is 7.11 Å². The lowest BCUT2D eigenvalue weighted by Gasteiger charge is -2.35. The number of benzene rings is 1. The molecule has 134 valence electrons. The molecule has 1 aromatic carbocycles. The van der Waals surface area contributed by atoms with Crippen molar-refractivity contribution in [1.82, 2.24) is 5.32 Å². The summed E-state index contributed by atoms with van der Waals surface area (Å²) in [4.78, 5) is 3.75. The van der Waals surface area contributed by atoms with Crippen molar-refractivity contribution in [3.8, 4) is 5.75 Å². The first kappa shape index (κ1) is 22.2. The van der Waals surface area contributed by atoms with Crippen LogP contribution in [0.15, 0.2) is 18.2 Å². The van der Waals surface area contributed by atoms with E-state index < -0.39 is 0 Å².